The first kappa shape index (κ1) is 23.8. The topological polar surface area (TPSA) is 86.8 Å². The zero-order valence-electron chi connectivity index (χ0n) is 19.1. The third kappa shape index (κ3) is 4.67. The molecular weight excluding hydrogens is 432 g/mol. The van der Waals surface area contributed by atoms with E-state index in [1.165, 1.54) is 10.8 Å². The third-order valence-electron chi connectivity index (χ3n) is 5.86. The van der Waals surface area contributed by atoms with Crippen LogP contribution in [0.3, 0.4) is 0 Å². The van der Waals surface area contributed by atoms with Crippen molar-refractivity contribution >= 4 is 16.7 Å². The van der Waals surface area contributed by atoms with Gasteiger partial charge in [0.15, 0.2) is 5.65 Å². The molecule has 1 fully saturated rings. The molecule has 0 spiro atoms. The predicted octanol–water partition coefficient (Wildman–Crippen LogP) is 3.13. The molecule has 3 aromatic heterocycles. The van der Waals surface area contributed by atoms with E-state index in [1.807, 2.05) is 37.4 Å². The van der Waals surface area contributed by atoms with Crippen molar-refractivity contribution in [1.82, 2.24) is 29.0 Å². The summed E-state index contributed by atoms with van der Waals surface area (Å²) in [5, 5.41) is 4.98. The fourth-order valence-electron chi connectivity index (χ4n) is 4.59. The first-order valence-electron chi connectivity index (χ1n) is 11.3. The molecule has 0 unspecified atom stereocenters. The van der Waals surface area contributed by atoms with Crippen molar-refractivity contribution < 1.29 is 9.47 Å². The van der Waals surface area contributed by atoms with Gasteiger partial charge in [0.1, 0.15) is 17.7 Å². The van der Waals surface area contributed by atoms with Gasteiger partial charge in [0.2, 0.25) is 0 Å². The van der Waals surface area contributed by atoms with Crippen LogP contribution in [-0.2, 0) is 17.8 Å². The summed E-state index contributed by atoms with van der Waals surface area (Å²) in [6.07, 6.45) is 3.66. The maximum absolute atomic E-state index is 13.2. The normalized spacial score (nSPS) is 18.8. The number of nitrogens with zero attached hydrogens (tertiary/aromatic N) is 6. The van der Waals surface area contributed by atoms with Crippen molar-refractivity contribution in [2.24, 2.45) is 0 Å². The smallest absolute Gasteiger partial charge is 0.352 e. The SMILES string of the molecule is C.CCOc1ccc(Cn2c(=O)n3ncnc3c3cc(CN4C[C@@H](C)O[C@@H](C)C4)cnc32)cc1. The van der Waals surface area contributed by atoms with E-state index >= 15 is 0 Å². The minimum Gasteiger partial charge on any atom is -0.494 e. The van der Waals surface area contributed by atoms with E-state index in [0.29, 0.717) is 24.4 Å². The molecule has 0 saturated carbocycles. The van der Waals surface area contributed by atoms with Gasteiger partial charge in [-0.3, -0.25) is 9.47 Å². The third-order valence-corrected chi connectivity index (χ3v) is 5.86. The van der Waals surface area contributed by atoms with Crippen LogP contribution in [0.4, 0.5) is 0 Å². The van der Waals surface area contributed by atoms with E-state index in [0.717, 1.165) is 41.9 Å². The first-order chi connectivity index (χ1) is 16.0. The highest BCUT2D eigenvalue weighted by molar-refractivity contribution is 5.89. The lowest BCUT2D eigenvalue weighted by molar-refractivity contribution is -0.0705. The second-order valence-corrected chi connectivity index (χ2v) is 8.61. The van der Waals surface area contributed by atoms with Gasteiger partial charge in [0.05, 0.1) is 30.7 Å². The quantitative estimate of drug-likeness (QED) is 0.433. The second-order valence-electron chi connectivity index (χ2n) is 8.61. The molecule has 1 aromatic carbocycles. The van der Waals surface area contributed by atoms with E-state index in [1.54, 1.807) is 4.57 Å². The van der Waals surface area contributed by atoms with Gasteiger partial charge in [-0.15, -0.1) is 0 Å². The first-order valence-corrected chi connectivity index (χ1v) is 11.3. The average molecular weight is 465 g/mol. The number of aromatic nitrogens is 5. The maximum atomic E-state index is 13.2. The minimum absolute atomic E-state index is 0. The molecule has 0 bridgehead atoms. The van der Waals surface area contributed by atoms with Gasteiger partial charge in [0.25, 0.3) is 0 Å². The molecule has 5 rings (SSSR count). The molecule has 1 saturated heterocycles. The number of fused-ring (bicyclic) bond motifs is 3. The fourth-order valence-corrected chi connectivity index (χ4v) is 4.59. The molecule has 9 nitrogen and oxygen atoms in total. The van der Waals surface area contributed by atoms with Gasteiger partial charge in [0, 0.05) is 25.8 Å². The number of rotatable bonds is 6. The highest BCUT2D eigenvalue weighted by atomic mass is 16.5. The predicted molar refractivity (Wildman–Crippen MR) is 131 cm³/mol. The Hall–Kier alpha value is -3.30. The molecule has 0 N–H and O–H groups in total. The van der Waals surface area contributed by atoms with E-state index in [2.05, 4.69) is 34.9 Å². The van der Waals surface area contributed by atoms with E-state index < -0.39 is 0 Å². The Labute approximate surface area is 199 Å². The second kappa shape index (κ2) is 9.90. The van der Waals surface area contributed by atoms with Crippen LogP contribution >= 0.6 is 0 Å². The van der Waals surface area contributed by atoms with E-state index in [4.69, 9.17) is 14.5 Å². The number of benzene rings is 1. The summed E-state index contributed by atoms with van der Waals surface area (Å²) in [5.74, 6) is 0.805. The Morgan fingerprint density at radius 3 is 2.47 bits per heavy atom. The van der Waals surface area contributed by atoms with Crippen LogP contribution in [0.25, 0.3) is 16.7 Å². The van der Waals surface area contributed by atoms with Crippen LogP contribution in [0.5, 0.6) is 5.75 Å². The van der Waals surface area contributed by atoms with Crippen molar-refractivity contribution in [2.45, 2.75) is 53.5 Å². The lowest BCUT2D eigenvalue weighted by atomic mass is 10.1. The molecule has 0 aliphatic carbocycles. The van der Waals surface area contributed by atoms with Crippen LogP contribution in [0, 0.1) is 0 Å². The molecule has 1 aliphatic heterocycles. The summed E-state index contributed by atoms with van der Waals surface area (Å²) in [5.41, 5.74) is 2.90. The fraction of sp³-hybridized carbons (Fsp3) is 0.440. The zero-order valence-corrected chi connectivity index (χ0v) is 19.1. The van der Waals surface area contributed by atoms with Gasteiger partial charge in [-0.2, -0.15) is 9.61 Å². The Balaban J connectivity index is 0.00000274. The van der Waals surface area contributed by atoms with Crippen molar-refractivity contribution in [2.75, 3.05) is 19.7 Å². The van der Waals surface area contributed by atoms with Gasteiger partial charge in [-0.1, -0.05) is 19.6 Å². The Morgan fingerprint density at radius 1 is 1.03 bits per heavy atom. The Kier molecular flexibility index (Phi) is 6.95. The van der Waals surface area contributed by atoms with Crippen LogP contribution in [0.1, 0.15) is 39.3 Å². The molecule has 2 atom stereocenters. The summed E-state index contributed by atoms with van der Waals surface area (Å²) < 4.78 is 14.4. The lowest BCUT2D eigenvalue weighted by Gasteiger charge is -2.35. The van der Waals surface area contributed by atoms with E-state index in [-0.39, 0.29) is 25.3 Å². The number of pyridine rings is 1. The zero-order chi connectivity index (χ0) is 22.9. The minimum atomic E-state index is -0.264. The van der Waals surface area contributed by atoms with Gasteiger partial charge < -0.3 is 9.47 Å². The lowest BCUT2D eigenvalue weighted by Crippen LogP contribution is -2.44. The molecule has 180 valence electrons. The molecular formula is C25H32N6O3. The monoisotopic (exact) mass is 464 g/mol. The number of ether oxygens (including phenoxy) is 2. The Bertz CT molecular complexity index is 1320. The summed E-state index contributed by atoms with van der Waals surface area (Å²) in [6, 6.07) is 9.82. The summed E-state index contributed by atoms with van der Waals surface area (Å²) >= 11 is 0. The maximum Gasteiger partial charge on any atom is 0.352 e. The van der Waals surface area contributed by atoms with Crippen LogP contribution in [0.15, 0.2) is 47.7 Å². The molecule has 0 amide bonds. The number of morpholine rings is 1. The standard InChI is InChI=1S/C24H28N6O3.CH4/c1-4-32-20-7-5-18(6-8-20)14-29-22-21(23-26-15-27-30(23)24(29)31)9-19(10-25-22)13-28-11-16(2)33-17(3)12-28;/h5-10,15-17H,4,11-14H2,1-3H3;1H4/t16-,17+;. The van der Waals surface area contributed by atoms with Crippen molar-refractivity contribution in [3.05, 3.63) is 64.5 Å². The Morgan fingerprint density at radius 2 is 1.76 bits per heavy atom. The molecule has 9 heteroatoms. The van der Waals surface area contributed by atoms with Crippen molar-refractivity contribution in [3.8, 4) is 5.75 Å². The van der Waals surface area contributed by atoms with Crippen LogP contribution in [0.2, 0.25) is 0 Å². The van der Waals surface area contributed by atoms with Crippen LogP contribution < -0.4 is 10.4 Å². The van der Waals surface area contributed by atoms with Crippen molar-refractivity contribution in [3.63, 3.8) is 0 Å². The van der Waals surface area contributed by atoms with E-state index in [9.17, 15) is 4.79 Å². The summed E-state index contributed by atoms with van der Waals surface area (Å²) in [7, 11) is 0. The molecule has 4 aromatic rings. The van der Waals surface area contributed by atoms with Crippen LogP contribution in [-0.4, -0.2) is 61.0 Å². The number of hydrogen-bond donors (Lipinski definition) is 0. The van der Waals surface area contributed by atoms with Gasteiger partial charge in [-0.05, 0) is 50.1 Å². The largest absolute Gasteiger partial charge is 0.494 e. The molecule has 4 heterocycles. The molecule has 0 radical (unpaired) electrons. The highest BCUT2D eigenvalue weighted by Crippen LogP contribution is 2.21. The summed E-state index contributed by atoms with van der Waals surface area (Å²) in [4.78, 5) is 24.6. The average Bonchev–Trinajstić information content (AvgIpc) is 3.28. The number of hydrogen-bond acceptors (Lipinski definition) is 7. The highest BCUT2D eigenvalue weighted by Gasteiger charge is 2.23. The van der Waals surface area contributed by atoms with Gasteiger partial charge >= 0.3 is 5.69 Å². The van der Waals surface area contributed by atoms with Gasteiger partial charge in [-0.25, -0.2) is 14.8 Å². The summed E-state index contributed by atoms with van der Waals surface area (Å²) in [6.45, 7) is 9.65. The molecule has 34 heavy (non-hydrogen) atoms. The van der Waals surface area contributed by atoms with Crippen molar-refractivity contribution in [1.29, 1.82) is 0 Å². The molecule has 1 aliphatic rings.